The van der Waals surface area contributed by atoms with Crippen molar-refractivity contribution in [3.8, 4) is 0 Å². The van der Waals surface area contributed by atoms with Crippen LogP contribution in [0.1, 0.15) is 54.0 Å². The van der Waals surface area contributed by atoms with Gasteiger partial charge in [-0.25, -0.2) is 0 Å². The molecule has 1 atom stereocenters. The molecule has 2 heterocycles. The summed E-state index contributed by atoms with van der Waals surface area (Å²) in [6.07, 6.45) is 3.34. The molecule has 0 radical (unpaired) electrons. The first-order valence-electron chi connectivity index (χ1n) is 7.93. The van der Waals surface area contributed by atoms with Gasteiger partial charge in [0.1, 0.15) is 0 Å². The van der Waals surface area contributed by atoms with Gasteiger partial charge in [0.05, 0.1) is 11.7 Å². The van der Waals surface area contributed by atoms with Crippen molar-refractivity contribution in [2.24, 2.45) is 0 Å². The molecule has 0 aliphatic carbocycles. The first-order valence-corrected chi connectivity index (χ1v) is 7.93. The van der Waals surface area contributed by atoms with E-state index in [1.54, 1.807) is 0 Å². The van der Waals surface area contributed by atoms with Crippen molar-refractivity contribution >= 4 is 0 Å². The van der Waals surface area contributed by atoms with Gasteiger partial charge in [0, 0.05) is 12.6 Å². The van der Waals surface area contributed by atoms with E-state index in [4.69, 9.17) is 4.52 Å². The molecule has 1 unspecified atom stereocenters. The van der Waals surface area contributed by atoms with Crippen LogP contribution in [0.4, 0.5) is 0 Å². The van der Waals surface area contributed by atoms with E-state index < -0.39 is 0 Å². The minimum Gasteiger partial charge on any atom is -0.359 e. The molecule has 1 aromatic heterocycles. The Kier molecular flexibility index (Phi) is 4.11. The molecule has 21 heavy (non-hydrogen) atoms. The van der Waals surface area contributed by atoms with E-state index in [0.29, 0.717) is 6.04 Å². The number of rotatable bonds is 4. The number of likely N-dealkylation sites (tertiary alicyclic amines) is 1. The largest absolute Gasteiger partial charge is 0.359 e. The van der Waals surface area contributed by atoms with E-state index in [9.17, 15) is 0 Å². The van der Waals surface area contributed by atoms with Crippen molar-refractivity contribution in [2.75, 3.05) is 6.54 Å². The third-order valence-corrected chi connectivity index (χ3v) is 4.59. The second-order valence-electron chi connectivity index (χ2n) is 6.12. The van der Waals surface area contributed by atoms with Crippen molar-refractivity contribution in [1.29, 1.82) is 0 Å². The topological polar surface area (TPSA) is 29.3 Å². The summed E-state index contributed by atoms with van der Waals surface area (Å²) in [5.41, 5.74) is 5.18. The fraction of sp³-hybridized carbons (Fsp3) is 0.500. The summed E-state index contributed by atoms with van der Waals surface area (Å²) in [7, 11) is 0. The Morgan fingerprint density at radius 1 is 1.24 bits per heavy atom. The van der Waals surface area contributed by atoms with Gasteiger partial charge in [-0.3, -0.25) is 4.90 Å². The minimum absolute atomic E-state index is 0.388. The highest BCUT2D eigenvalue weighted by Gasteiger charge is 2.29. The Morgan fingerprint density at radius 2 is 2.10 bits per heavy atom. The summed E-state index contributed by atoms with van der Waals surface area (Å²) in [4.78, 5) is 2.52. The monoisotopic (exact) mass is 284 g/mol. The molecule has 1 aromatic carbocycles. The Balaban J connectivity index is 1.76. The molecule has 3 heteroatoms. The molecular weight excluding hydrogens is 260 g/mol. The lowest BCUT2D eigenvalue weighted by atomic mass is 10.1. The van der Waals surface area contributed by atoms with Crippen molar-refractivity contribution in [3.05, 3.63) is 52.4 Å². The second kappa shape index (κ2) is 6.02. The van der Waals surface area contributed by atoms with Crippen LogP contribution in [0.15, 0.2) is 28.8 Å². The molecule has 112 valence electrons. The highest BCUT2D eigenvalue weighted by Crippen LogP contribution is 2.33. The molecule has 1 saturated heterocycles. The molecule has 0 N–H and O–H groups in total. The van der Waals surface area contributed by atoms with E-state index in [1.165, 1.54) is 29.5 Å². The van der Waals surface area contributed by atoms with Gasteiger partial charge in [0.2, 0.25) is 0 Å². The molecule has 1 aliphatic heterocycles. The third kappa shape index (κ3) is 3.03. The van der Waals surface area contributed by atoms with Gasteiger partial charge >= 0.3 is 0 Å². The molecular formula is C18H24N2O. The fourth-order valence-electron chi connectivity index (χ4n) is 3.13. The number of hydrogen-bond donors (Lipinski definition) is 0. The molecule has 0 bridgehead atoms. The highest BCUT2D eigenvalue weighted by molar-refractivity contribution is 5.30. The molecule has 0 spiro atoms. The van der Waals surface area contributed by atoms with Crippen LogP contribution in [0.25, 0.3) is 0 Å². The van der Waals surface area contributed by atoms with Crippen LogP contribution in [0.2, 0.25) is 0 Å². The lowest BCUT2D eigenvalue weighted by Gasteiger charge is -2.22. The van der Waals surface area contributed by atoms with E-state index >= 15 is 0 Å². The lowest BCUT2D eigenvalue weighted by Crippen LogP contribution is -2.22. The molecule has 1 aliphatic rings. The quantitative estimate of drug-likeness (QED) is 0.843. The zero-order chi connectivity index (χ0) is 14.8. The van der Waals surface area contributed by atoms with E-state index in [0.717, 1.165) is 31.0 Å². The van der Waals surface area contributed by atoms with Crippen LogP contribution in [0.3, 0.4) is 0 Å². The van der Waals surface area contributed by atoms with Gasteiger partial charge < -0.3 is 4.52 Å². The number of benzene rings is 1. The molecule has 0 amide bonds. The molecule has 3 rings (SSSR count). The summed E-state index contributed by atoms with van der Waals surface area (Å²) in [5, 5.41) is 4.14. The van der Waals surface area contributed by atoms with Gasteiger partial charge in [-0.1, -0.05) is 30.3 Å². The maximum atomic E-state index is 5.56. The average molecular weight is 284 g/mol. The third-order valence-electron chi connectivity index (χ3n) is 4.59. The molecule has 1 fully saturated rings. The normalized spacial score (nSPS) is 19.3. The summed E-state index contributed by atoms with van der Waals surface area (Å²) < 4.78 is 5.56. The van der Waals surface area contributed by atoms with Gasteiger partial charge in [0.15, 0.2) is 5.76 Å². The average Bonchev–Trinajstić information content (AvgIpc) is 3.11. The van der Waals surface area contributed by atoms with Crippen LogP contribution >= 0.6 is 0 Å². The Hall–Kier alpha value is -1.61. The van der Waals surface area contributed by atoms with E-state index in [-0.39, 0.29) is 0 Å². The van der Waals surface area contributed by atoms with Gasteiger partial charge in [-0.15, -0.1) is 0 Å². The second-order valence-corrected chi connectivity index (χ2v) is 6.12. The Bertz CT molecular complexity index is 617. The first-order chi connectivity index (χ1) is 10.2. The fourth-order valence-corrected chi connectivity index (χ4v) is 3.13. The smallest absolute Gasteiger partial charge is 0.154 e. The number of aromatic nitrogens is 1. The van der Waals surface area contributed by atoms with Crippen LogP contribution in [0.5, 0.6) is 0 Å². The van der Waals surface area contributed by atoms with Gasteiger partial charge in [-0.05, 0) is 56.3 Å². The predicted molar refractivity (Wildman–Crippen MR) is 84.2 cm³/mol. The highest BCUT2D eigenvalue weighted by atomic mass is 16.5. The predicted octanol–water partition coefficient (Wildman–Crippen LogP) is 4.19. The molecule has 2 aromatic rings. The zero-order valence-electron chi connectivity index (χ0n) is 13.2. The van der Waals surface area contributed by atoms with E-state index in [2.05, 4.69) is 55.1 Å². The zero-order valence-corrected chi connectivity index (χ0v) is 13.2. The van der Waals surface area contributed by atoms with Crippen molar-refractivity contribution in [2.45, 2.75) is 52.6 Å². The Labute approximate surface area is 126 Å². The van der Waals surface area contributed by atoms with Crippen LogP contribution < -0.4 is 0 Å². The molecule has 0 saturated carbocycles. The standard InChI is InChI=1S/C18H24N2O/c1-4-16-11-18(21-19-16)17-6-5-9-20(17)12-15-8-7-13(2)14(3)10-15/h7-8,10-11,17H,4-6,9,12H2,1-3H3. The van der Waals surface area contributed by atoms with Crippen LogP contribution in [0, 0.1) is 13.8 Å². The minimum atomic E-state index is 0.388. The van der Waals surface area contributed by atoms with Crippen LogP contribution in [-0.4, -0.2) is 16.6 Å². The number of hydrogen-bond acceptors (Lipinski definition) is 3. The van der Waals surface area contributed by atoms with Gasteiger partial charge in [-0.2, -0.15) is 0 Å². The van der Waals surface area contributed by atoms with Crippen molar-refractivity contribution in [3.63, 3.8) is 0 Å². The SMILES string of the molecule is CCc1cc(C2CCCN2Cc2ccc(C)c(C)c2)on1. The summed E-state index contributed by atoms with van der Waals surface area (Å²) in [6, 6.07) is 9.29. The lowest BCUT2D eigenvalue weighted by molar-refractivity contribution is 0.206. The summed E-state index contributed by atoms with van der Waals surface area (Å²) >= 11 is 0. The maximum Gasteiger partial charge on any atom is 0.154 e. The summed E-state index contributed by atoms with van der Waals surface area (Å²) in [6.45, 7) is 8.60. The maximum absolute atomic E-state index is 5.56. The summed E-state index contributed by atoms with van der Waals surface area (Å²) in [5.74, 6) is 1.04. The first kappa shape index (κ1) is 14.3. The molecule has 3 nitrogen and oxygen atoms in total. The van der Waals surface area contributed by atoms with Crippen molar-refractivity contribution in [1.82, 2.24) is 10.1 Å². The van der Waals surface area contributed by atoms with Crippen LogP contribution in [-0.2, 0) is 13.0 Å². The Morgan fingerprint density at radius 3 is 2.81 bits per heavy atom. The van der Waals surface area contributed by atoms with Crippen molar-refractivity contribution < 1.29 is 4.52 Å². The number of aryl methyl sites for hydroxylation is 3. The van der Waals surface area contributed by atoms with E-state index in [1.807, 2.05) is 0 Å². The van der Waals surface area contributed by atoms with Gasteiger partial charge in [0.25, 0.3) is 0 Å². The number of nitrogens with zero attached hydrogens (tertiary/aromatic N) is 2.